The summed E-state index contributed by atoms with van der Waals surface area (Å²) < 4.78 is 27.8. The number of carbonyl (C=O) groups is 1. The molecular formula is C31H36N2O7. The van der Waals surface area contributed by atoms with Crippen molar-refractivity contribution in [3.63, 3.8) is 0 Å². The summed E-state index contributed by atoms with van der Waals surface area (Å²) in [4.78, 5) is 25.6. The Hall–Kier alpha value is -4.40. The van der Waals surface area contributed by atoms with Gasteiger partial charge in [0.1, 0.15) is 0 Å². The molecule has 0 radical (unpaired) electrons. The van der Waals surface area contributed by atoms with Crippen molar-refractivity contribution in [2.45, 2.75) is 32.2 Å². The van der Waals surface area contributed by atoms with E-state index >= 15 is 0 Å². The summed E-state index contributed by atoms with van der Waals surface area (Å²) in [6.07, 6.45) is 1.91. The lowest BCUT2D eigenvalue weighted by atomic mass is 9.95. The Balaban J connectivity index is 1.76. The summed E-state index contributed by atoms with van der Waals surface area (Å²) in [6, 6.07) is 12.6. The van der Waals surface area contributed by atoms with Gasteiger partial charge in [-0.2, -0.15) is 0 Å². The number of fused-ring (bicyclic) bond motifs is 3. The number of amides is 1. The Morgan fingerprint density at radius 1 is 0.850 bits per heavy atom. The Labute approximate surface area is 234 Å². The lowest BCUT2D eigenvalue weighted by Gasteiger charge is -2.19. The Bertz CT molecular complexity index is 1450. The van der Waals surface area contributed by atoms with Crippen molar-refractivity contribution >= 4 is 11.6 Å². The first-order chi connectivity index (χ1) is 19.3. The molecule has 3 aromatic rings. The Kier molecular flexibility index (Phi) is 9.04. The second-order valence-corrected chi connectivity index (χ2v) is 9.46. The van der Waals surface area contributed by atoms with Gasteiger partial charge in [0, 0.05) is 19.0 Å². The number of benzene rings is 2. The van der Waals surface area contributed by atoms with Crippen LogP contribution < -0.4 is 39.7 Å². The number of hydrogen-bond donors (Lipinski definition) is 2. The van der Waals surface area contributed by atoms with Crippen LogP contribution in [0.5, 0.6) is 28.7 Å². The van der Waals surface area contributed by atoms with Crippen molar-refractivity contribution < 1.29 is 28.5 Å². The molecule has 0 fully saturated rings. The molecule has 3 aromatic carbocycles. The first-order valence-corrected chi connectivity index (χ1v) is 13.1. The summed E-state index contributed by atoms with van der Waals surface area (Å²) in [7, 11) is 7.92. The molecule has 2 N–H and O–H groups in total. The molecule has 9 heteroatoms. The topological polar surface area (TPSA) is 104 Å². The highest BCUT2D eigenvalue weighted by Gasteiger charge is 2.29. The van der Waals surface area contributed by atoms with Gasteiger partial charge in [0.25, 0.3) is 0 Å². The molecule has 0 aromatic heterocycles. The van der Waals surface area contributed by atoms with Gasteiger partial charge in [-0.25, -0.2) is 0 Å². The van der Waals surface area contributed by atoms with Crippen molar-refractivity contribution in [2.24, 2.45) is 0 Å². The van der Waals surface area contributed by atoms with E-state index in [1.54, 1.807) is 47.7 Å². The third-order valence-corrected chi connectivity index (χ3v) is 7.09. The summed E-state index contributed by atoms with van der Waals surface area (Å²) >= 11 is 0. The molecule has 0 saturated carbocycles. The fraction of sp³-hybridized carbons (Fsp3) is 0.355. The monoisotopic (exact) mass is 548 g/mol. The van der Waals surface area contributed by atoms with Crippen LogP contribution in [0.1, 0.15) is 36.1 Å². The van der Waals surface area contributed by atoms with Gasteiger partial charge in [-0.15, -0.1) is 0 Å². The molecule has 0 spiro atoms. The molecule has 1 atom stereocenters. The molecule has 4 rings (SSSR count). The first-order valence-electron chi connectivity index (χ1n) is 13.1. The van der Waals surface area contributed by atoms with Crippen LogP contribution in [-0.4, -0.2) is 48.0 Å². The number of ether oxygens (including phenoxy) is 5. The minimum Gasteiger partial charge on any atom is -0.493 e. The first kappa shape index (κ1) is 28.6. The Morgan fingerprint density at radius 3 is 2.23 bits per heavy atom. The van der Waals surface area contributed by atoms with Gasteiger partial charge in [-0.1, -0.05) is 12.1 Å². The van der Waals surface area contributed by atoms with Gasteiger partial charge in [-0.05, 0) is 71.8 Å². The van der Waals surface area contributed by atoms with Crippen molar-refractivity contribution in [3.05, 3.63) is 69.4 Å². The van der Waals surface area contributed by atoms with Crippen LogP contribution in [0.2, 0.25) is 0 Å². The lowest BCUT2D eigenvalue weighted by molar-refractivity contribution is -0.119. The maximum absolute atomic E-state index is 13.5. The van der Waals surface area contributed by atoms with Crippen LogP contribution in [0.25, 0.3) is 11.1 Å². The third kappa shape index (κ3) is 5.78. The lowest BCUT2D eigenvalue weighted by Crippen LogP contribution is -2.26. The normalized spacial score (nSPS) is 13.7. The van der Waals surface area contributed by atoms with Crippen molar-refractivity contribution in [1.29, 1.82) is 0 Å². The minimum atomic E-state index is -0.360. The van der Waals surface area contributed by atoms with E-state index in [2.05, 4.69) is 10.6 Å². The molecule has 1 aliphatic rings. The largest absolute Gasteiger partial charge is 0.493 e. The van der Waals surface area contributed by atoms with Crippen LogP contribution in [0.15, 0.2) is 47.3 Å². The van der Waals surface area contributed by atoms with Crippen LogP contribution in [0.3, 0.4) is 0 Å². The number of anilines is 1. The van der Waals surface area contributed by atoms with Gasteiger partial charge in [0.2, 0.25) is 17.1 Å². The second kappa shape index (κ2) is 12.6. The van der Waals surface area contributed by atoms with Crippen LogP contribution in [0, 0.1) is 0 Å². The summed E-state index contributed by atoms with van der Waals surface area (Å²) in [5.41, 5.74) is 4.62. The number of nitrogens with one attached hydrogen (secondary N) is 2. The van der Waals surface area contributed by atoms with E-state index in [9.17, 15) is 9.59 Å². The van der Waals surface area contributed by atoms with E-state index in [0.717, 1.165) is 27.8 Å². The highest BCUT2D eigenvalue weighted by Crippen LogP contribution is 2.50. The van der Waals surface area contributed by atoms with Crippen molar-refractivity contribution in [3.8, 4) is 39.9 Å². The fourth-order valence-electron chi connectivity index (χ4n) is 5.23. The highest BCUT2D eigenvalue weighted by atomic mass is 16.5. The number of rotatable bonds is 10. The predicted molar refractivity (Wildman–Crippen MR) is 154 cm³/mol. The molecule has 0 heterocycles. The van der Waals surface area contributed by atoms with Crippen LogP contribution in [-0.2, 0) is 17.6 Å². The molecule has 0 aliphatic heterocycles. The van der Waals surface area contributed by atoms with Gasteiger partial charge in [0.15, 0.2) is 23.0 Å². The summed E-state index contributed by atoms with van der Waals surface area (Å²) in [6.45, 7) is 2.01. The average molecular weight is 549 g/mol. The molecular weight excluding hydrogens is 512 g/mol. The van der Waals surface area contributed by atoms with E-state index in [0.29, 0.717) is 60.2 Å². The molecule has 0 saturated heterocycles. The van der Waals surface area contributed by atoms with E-state index in [1.807, 2.05) is 30.3 Å². The zero-order chi connectivity index (χ0) is 28.8. The van der Waals surface area contributed by atoms with Crippen LogP contribution >= 0.6 is 0 Å². The molecule has 212 valence electrons. The van der Waals surface area contributed by atoms with Gasteiger partial charge in [0.05, 0.1) is 47.3 Å². The number of methoxy groups -OCH3 is 5. The summed E-state index contributed by atoms with van der Waals surface area (Å²) in [5, 5.41) is 6.32. The summed E-state index contributed by atoms with van der Waals surface area (Å²) in [5.74, 6) is 2.69. The van der Waals surface area contributed by atoms with Gasteiger partial charge in [-0.3, -0.25) is 9.59 Å². The fourth-order valence-corrected chi connectivity index (χ4v) is 5.23. The average Bonchev–Trinajstić information content (AvgIpc) is 3.20. The van der Waals surface area contributed by atoms with Crippen molar-refractivity contribution in [1.82, 2.24) is 5.32 Å². The predicted octanol–water partition coefficient (Wildman–Crippen LogP) is 4.53. The Morgan fingerprint density at radius 2 is 1.57 bits per heavy atom. The van der Waals surface area contributed by atoms with Crippen LogP contribution in [0.4, 0.5) is 5.69 Å². The molecule has 1 unspecified atom stereocenters. The second-order valence-electron chi connectivity index (χ2n) is 9.46. The number of aryl methyl sites for hydroxylation is 1. The van der Waals surface area contributed by atoms with Gasteiger partial charge >= 0.3 is 0 Å². The van der Waals surface area contributed by atoms with Crippen molar-refractivity contribution in [2.75, 3.05) is 47.4 Å². The SMILES string of the molecule is COc1ccc(CCNc2ccc3c(cc2=O)C(NC(C)=O)CCc2cc(OC)c(OC)c(OC)c2-3)cc1OC. The van der Waals surface area contributed by atoms with E-state index in [-0.39, 0.29) is 17.4 Å². The van der Waals surface area contributed by atoms with E-state index in [4.69, 9.17) is 23.7 Å². The number of carbonyl (C=O) groups excluding carboxylic acids is 1. The van der Waals surface area contributed by atoms with E-state index in [1.165, 1.54) is 6.92 Å². The maximum Gasteiger partial charge on any atom is 0.217 e. The molecule has 1 amide bonds. The minimum absolute atomic E-state index is 0.170. The van der Waals surface area contributed by atoms with Gasteiger partial charge < -0.3 is 34.3 Å². The standard InChI is InChI=1S/C31H36N2O7/c1-18(34)33-23-10-8-20-16-28(38-4)30(39-5)31(40-6)29(20)21-9-11-24(25(35)17-22(21)23)32-14-13-19-7-12-26(36-2)27(15-19)37-3/h7,9,11-12,15-17,23H,8,10,13-14H2,1-6H3,(H,32,35)(H,33,34). The zero-order valence-electron chi connectivity index (χ0n) is 23.8. The smallest absolute Gasteiger partial charge is 0.217 e. The van der Waals surface area contributed by atoms with E-state index < -0.39 is 0 Å². The maximum atomic E-state index is 13.5. The zero-order valence-corrected chi connectivity index (χ0v) is 23.8. The molecule has 40 heavy (non-hydrogen) atoms. The molecule has 9 nitrogen and oxygen atoms in total. The quantitative estimate of drug-likeness (QED) is 0.381. The number of hydrogen-bond acceptors (Lipinski definition) is 8. The third-order valence-electron chi connectivity index (χ3n) is 7.09. The molecule has 1 aliphatic carbocycles. The highest BCUT2D eigenvalue weighted by molar-refractivity contribution is 5.83. The molecule has 0 bridgehead atoms.